The Kier molecular flexibility index (Phi) is 5.40. The summed E-state index contributed by atoms with van der Waals surface area (Å²) in [5.41, 5.74) is 5.73. The predicted molar refractivity (Wildman–Crippen MR) is 70.7 cm³/mol. The van der Waals surface area contributed by atoms with Crippen molar-refractivity contribution < 1.29 is 4.79 Å². The molecule has 2 atom stereocenters. The minimum Gasteiger partial charge on any atom is -0.338 e. The lowest BCUT2D eigenvalue weighted by Crippen LogP contribution is -2.46. The third-order valence-corrected chi connectivity index (χ3v) is 3.61. The van der Waals surface area contributed by atoms with Crippen molar-refractivity contribution in [3.8, 4) is 0 Å². The molecule has 17 heavy (non-hydrogen) atoms. The standard InChI is InChI=1S/C13H27N3O/c1-10(2)12(8-14)13(17)16-7-5-6-11(16)9-15(3)4/h10-12H,5-9,14H2,1-4H3. The fourth-order valence-electron chi connectivity index (χ4n) is 2.61. The van der Waals surface area contributed by atoms with Gasteiger partial charge in [0.05, 0.1) is 5.92 Å². The molecule has 0 bridgehead atoms. The van der Waals surface area contributed by atoms with Crippen molar-refractivity contribution in [1.29, 1.82) is 0 Å². The summed E-state index contributed by atoms with van der Waals surface area (Å²) in [5.74, 6) is 0.567. The molecule has 0 spiro atoms. The Labute approximate surface area is 105 Å². The Balaban J connectivity index is 2.66. The van der Waals surface area contributed by atoms with Crippen LogP contribution in [0.25, 0.3) is 0 Å². The maximum atomic E-state index is 12.4. The van der Waals surface area contributed by atoms with Crippen molar-refractivity contribution in [3.63, 3.8) is 0 Å². The lowest BCUT2D eigenvalue weighted by Gasteiger charge is -2.31. The van der Waals surface area contributed by atoms with Gasteiger partial charge in [-0.25, -0.2) is 0 Å². The molecule has 0 aliphatic carbocycles. The molecule has 0 radical (unpaired) electrons. The number of rotatable bonds is 5. The molecule has 4 nitrogen and oxygen atoms in total. The van der Waals surface area contributed by atoms with Crippen LogP contribution in [0.3, 0.4) is 0 Å². The molecule has 1 fully saturated rings. The molecule has 1 aliphatic rings. The zero-order chi connectivity index (χ0) is 13.0. The van der Waals surface area contributed by atoms with Crippen LogP contribution in [-0.2, 0) is 4.79 Å². The second kappa shape index (κ2) is 6.36. The third-order valence-electron chi connectivity index (χ3n) is 3.61. The first kappa shape index (κ1) is 14.5. The summed E-state index contributed by atoms with van der Waals surface area (Å²) < 4.78 is 0. The summed E-state index contributed by atoms with van der Waals surface area (Å²) in [7, 11) is 4.12. The SMILES string of the molecule is CC(C)C(CN)C(=O)N1CCCC1CN(C)C. The van der Waals surface area contributed by atoms with Crippen LogP contribution in [0.4, 0.5) is 0 Å². The zero-order valence-corrected chi connectivity index (χ0v) is 11.6. The van der Waals surface area contributed by atoms with Crippen LogP contribution >= 0.6 is 0 Å². The molecule has 0 saturated carbocycles. The number of hydrogen-bond acceptors (Lipinski definition) is 3. The normalized spacial score (nSPS) is 22.5. The van der Waals surface area contributed by atoms with Crippen LogP contribution < -0.4 is 5.73 Å². The van der Waals surface area contributed by atoms with Gasteiger partial charge < -0.3 is 15.5 Å². The summed E-state index contributed by atoms with van der Waals surface area (Å²) in [4.78, 5) is 16.6. The summed E-state index contributed by atoms with van der Waals surface area (Å²) >= 11 is 0. The van der Waals surface area contributed by atoms with Crippen LogP contribution in [0.5, 0.6) is 0 Å². The Morgan fingerprint density at radius 3 is 2.59 bits per heavy atom. The van der Waals surface area contributed by atoms with Gasteiger partial charge in [-0.05, 0) is 32.9 Å². The predicted octanol–water partition coefficient (Wildman–Crippen LogP) is 0.770. The van der Waals surface area contributed by atoms with Gasteiger partial charge in [0.25, 0.3) is 0 Å². The minimum atomic E-state index is -0.0160. The average Bonchev–Trinajstić information content (AvgIpc) is 2.65. The van der Waals surface area contributed by atoms with Crippen LogP contribution in [0.1, 0.15) is 26.7 Å². The summed E-state index contributed by atoms with van der Waals surface area (Å²) in [6, 6.07) is 0.380. The number of carbonyl (C=O) groups excluding carboxylic acids is 1. The van der Waals surface area contributed by atoms with E-state index in [-0.39, 0.29) is 11.8 Å². The minimum absolute atomic E-state index is 0.0160. The Bertz CT molecular complexity index is 253. The van der Waals surface area contributed by atoms with E-state index in [0.717, 1.165) is 25.9 Å². The highest BCUT2D eigenvalue weighted by atomic mass is 16.2. The molecule has 1 saturated heterocycles. The highest BCUT2D eigenvalue weighted by Crippen LogP contribution is 2.22. The molecule has 4 heteroatoms. The molecular weight excluding hydrogens is 214 g/mol. The van der Waals surface area contributed by atoms with E-state index in [1.807, 2.05) is 0 Å². The van der Waals surface area contributed by atoms with E-state index in [0.29, 0.717) is 18.5 Å². The average molecular weight is 241 g/mol. The smallest absolute Gasteiger partial charge is 0.227 e. The first-order valence-electron chi connectivity index (χ1n) is 6.62. The van der Waals surface area contributed by atoms with Crippen molar-refractivity contribution in [2.24, 2.45) is 17.6 Å². The zero-order valence-electron chi connectivity index (χ0n) is 11.6. The maximum Gasteiger partial charge on any atom is 0.227 e. The first-order valence-corrected chi connectivity index (χ1v) is 6.62. The second-order valence-corrected chi connectivity index (χ2v) is 5.68. The lowest BCUT2D eigenvalue weighted by atomic mass is 9.94. The Morgan fingerprint density at radius 1 is 1.47 bits per heavy atom. The summed E-state index contributed by atoms with van der Waals surface area (Å²) in [6.07, 6.45) is 2.25. The maximum absolute atomic E-state index is 12.4. The molecule has 1 aliphatic heterocycles. The molecule has 0 aromatic carbocycles. The van der Waals surface area contributed by atoms with E-state index in [1.54, 1.807) is 0 Å². The number of likely N-dealkylation sites (N-methyl/N-ethyl adjacent to an activating group) is 1. The van der Waals surface area contributed by atoms with Crippen molar-refractivity contribution in [3.05, 3.63) is 0 Å². The molecule has 1 amide bonds. The molecule has 100 valence electrons. The highest BCUT2D eigenvalue weighted by molar-refractivity contribution is 5.80. The van der Waals surface area contributed by atoms with Crippen molar-refractivity contribution in [1.82, 2.24) is 9.80 Å². The van der Waals surface area contributed by atoms with Crippen LogP contribution in [-0.4, -0.2) is 55.5 Å². The Hall–Kier alpha value is -0.610. The molecule has 1 heterocycles. The third kappa shape index (κ3) is 3.68. The number of nitrogens with zero attached hydrogens (tertiary/aromatic N) is 2. The number of hydrogen-bond donors (Lipinski definition) is 1. The largest absolute Gasteiger partial charge is 0.338 e. The highest BCUT2D eigenvalue weighted by Gasteiger charge is 2.33. The van der Waals surface area contributed by atoms with Gasteiger partial charge in [0.1, 0.15) is 0 Å². The van der Waals surface area contributed by atoms with Crippen molar-refractivity contribution >= 4 is 5.91 Å². The van der Waals surface area contributed by atoms with E-state index >= 15 is 0 Å². The molecule has 0 aromatic heterocycles. The topological polar surface area (TPSA) is 49.6 Å². The van der Waals surface area contributed by atoms with Gasteiger partial charge in [0.2, 0.25) is 5.91 Å². The monoisotopic (exact) mass is 241 g/mol. The van der Waals surface area contributed by atoms with Gasteiger partial charge in [-0.3, -0.25) is 4.79 Å². The number of amides is 1. The van der Waals surface area contributed by atoms with E-state index < -0.39 is 0 Å². The number of carbonyl (C=O) groups is 1. The molecular formula is C13H27N3O. The van der Waals surface area contributed by atoms with Crippen molar-refractivity contribution in [2.45, 2.75) is 32.7 Å². The van der Waals surface area contributed by atoms with Gasteiger partial charge in [0.15, 0.2) is 0 Å². The van der Waals surface area contributed by atoms with Gasteiger partial charge in [-0.2, -0.15) is 0 Å². The first-order chi connectivity index (χ1) is 7.97. The van der Waals surface area contributed by atoms with Crippen molar-refractivity contribution in [2.75, 3.05) is 33.7 Å². The second-order valence-electron chi connectivity index (χ2n) is 5.68. The van der Waals surface area contributed by atoms with E-state index in [9.17, 15) is 4.79 Å². The summed E-state index contributed by atoms with van der Waals surface area (Å²) in [5, 5.41) is 0. The van der Waals surface area contributed by atoms with Crippen LogP contribution in [0.2, 0.25) is 0 Å². The lowest BCUT2D eigenvalue weighted by molar-refractivity contribution is -0.137. The van der Waals surface area contributed by atoms with Crippen LogP contribution in [0, 0.1) is 11.8 Å². The number of likely N-dealkylation sites (tertiary alicyclic amines) is 1. The quantitative estimate of drug-likeness (QED) is 0.773. The van der Waals surface area contributed by atoms with Gasteiger partial charge in [-0.1, -0.05) is 13.8 Å². The van der Waals surface area contributed by atoms with Gasteiger partial charge in [-0.15, -0.1) is 0 Å². The van der Waals surface area contributed by atoms with Crippen LogP contribution in [0.15, 0.2) is 0 Å². The fourth-order valence-corrected chi connectivity index (χ4v) is 2.61. The molecule has 1 rings (SSSR count). The Morgan fingerprint density at radius 2 is 2.12 bits per heavy atom. The number of nitrogens with two attached hydrogens (primary N) is 1. The van der Waals surface area contributed by atoms with E-state index in [1.165, 1.54) is 0 Å². The molecule has 0 aromatic rings. The van der Waals surface area contributed by atoms with Gasteiger partial charge in [0, 0.05) is 25.7 Å². The molecule has 2 unspecified atom stereocenters. The van der Waals surface area contributed by atoms with Gasteiger partial charge >= 0.3 is 0 Å². The summed E-state index contributed by atoms with van der Waals surface area (Å²) in [6.45, 7) is 6.47. The van der Waals surface area contributed by atoms with E-state index in [4.69, 9.17) is 5.73 Å². The fraction of sp³-hybridized carbons (Fsp3) is 0.923. The van der Waals surface area contributed by atoms with E-state index in [2.05, 4.69) is 37.7 Å². The molecule has 2 N–H and O–H groups in total.